The van der Waals surface area contributed by atoms with Gasteiger partial charge < -0.3 is 15.4 Å². The van der Waals surface area contributed by atoms with Crippen molar-refractivity contribution in [2.24, 2.45) is 0 Å². The van der Waals surface area contributed by atoms with Crippen LogP contribution < -0.4 is 15.4 Å². The molecule has 2 atom stereocenters. The third kappa shape index (κ3) is 3.05. The van der Waals surface area contributed by atoms with Crippen LogP contribution in [0.1, 0.15) is 31.9 Å². The average molecular weight is 355 g/mol. The Labute approximate surface area is 149 Å². The molecule has 1 aromatic carbocycles. The molecule has 134 valence electrons. The zero-order chi connectivity index (χ0) is 18.3. The molecule has 4 rings (SSSR count). The van der Waals surface area contributed by atoms with Crippen molar-refractivity contribution in [3.63, 3.8) is 0 Å². The van der Waals surface area contributed by atoms with E-state index in [0.717, 1.165) is 0 Å². The number of aromatic nitrogens is 3. The molecular formula is C18H18FN5O2. The molecule has 2 N–H and O–H groups in total. The van der Waals surface area contributed by atoms with E-state index < -0.39 is 0 Å². The Morgan fingerprint density at radius 3 is 3.00 bits per heavy atom. The van der Waals surface area contributed by atoms with Gasteiger partial charge >= 0.3 is 0 Å². The van der Waals surface area contributed by atoms with Crippen LogP contribution in [0, 0.1) is 5.82 Å². The van der Waals surface area contributed by atoms with Crippen molar-refractivity contribution in [3.8, 4) is 5.75 Å². The van der Waals surface area contributed by atoms with Crippen LogP contribution in [0.25, 0.3) is 5.65 Å². The van der Waals surface area contributed by atoms with E-state index in [2.05, 4.69) is 20.7 Å². The summed E-state index contributed by atoms with van der Waals surface area (Å²) in [4.78, 5) is 16.8. The number of amides is 1. The van der Waals surface area contributed by atoms with E-state index in [1.165, 1.54) is 12.1 Å². The molecule has 3 heterocycles. The van der Waals surface area contributed by atoms with Gasteiger partial charge in [-0.05, 0) is 38.1 Å². The highest BCUT2D eigenvalue weighted by atomic mass is 19.1. The van der Waals surface area contributed by atoms with Gasteiger partial charge in [-0.15, -0.1) is 0 Å². The van der Waals surface area contributed by atoms with Crippen molar-refractivity contribution in [1.29, 1.82) is 0 Å². The first-order chi connectivity index (χ1) is 12.5. The van der Waals surface area contributed by atoms with Crippen LogP contribution in [-0.2, 0) is 4.79 Å². The normalized spacial score (nSPS) is 20.2. The first-order valence-corrected chi connectivity index (χ1v) is 8.36. The topological polar surface area (TPSA) is 80.5 Å². The number of benzene rings is 1. The summed E-state index contributed by atoms with van der Waals surface area (Å²) in [6, 6.07) is 5.88. The fourth-order valence-corrected chi connectivity index (χ4v) is 3.02. The molecular weight excluding hydrogens is 337 g/mol. The Morgan fingerprint density at radius 1 is 1.31 bits per heavy atom. The van der Waals surface area contributed by atoms with Crippen LogP contribution in [0.5, 0.6) is 5.75 Å². The quantitative estimate of drug-likeness (QED) is 0.647. The molecule has 1 unspecified atom stereocenters. The van der Waals surface area contributed by atoms with E-state index in [9.17, 15) is 9.18 Å². The van der Waals surface area contributed by atoms with Gasteiger partial charge in [-0.25, -0.2) is 13.9 Å². The fourth-order valence-electron chi connectivity index (χ4n) is 3.02. The third-order valence-electron chi connectivity index (χ3n) is 4.25. The first-order valence-electron chi connectivity index (χ1n) is 8.36. The van der Waals surface area contributed by atoms with Crippen LogP contribution in [0.15, 0.2) is 36.7 Å². The molecule has 0 saturated heterocycles. The van der Waals surface area contributed by atoms with Crippen molar-refractivity contribution >= 4 is 23.1 Å². The van der Waals surface area contributed by atoms with E-state index in [4.69, 9.17) is 4.74 Å². The number of fused-ring (bicyclic) bond motifs is 2. The second-order valence-corrected chi connectivity index (χ2v) is 6.37. The van der Waals surface area contributed by atoms with Crippen LogP contribution in [0.4, 0.5) is 15.9 Å². The molecule has 7 nitrogen and oxygen atoms in total. The molecule has 3 aromatic rings. The van der Waals surface area contributed by atoms with Gasteiger partial charge in [-0.2, -0.15) is 5.10 Å². The van der Waals surface area contributed by atoms with Gasteiger partial charge in [0.2, 0.25) is 5.91 Å². The molecule has 8 heteroatoms. The zero-order valence-corrected chi connectivity index (χ0v) is 14.4. The summed E-state index contributed by atoms with van der Waals surface area (Å²) in [5, 5.41) is 10.3. The number of nitrogens with one attached hydrogen (secondary N) is 2. The van der Waals surface area contributed by atoms with Gasteiger partial charge in [-0.3, -0.25) is 4.79 Å². The number of halogens is 1. The Morgan fingerprint density at radius 2 is 2.15 bits per heavy atom. The molecule has 0 aliphatic carbocycles. The van der Waals surface area contributed by atoms with Crippen LogP contribution in [0.3, 0.4) is 0 Å². The number of hydrogen-bond donors (Lipinski definition) is 2. The van der Waals surface area contributed by atoms with E-state index in [1.807, 2.05) is 6.92 Å². The summed E-state index contributed by atoms with van der Waals surface area (Å²) >= 11 is 0. The molecule has 2 aromatic heterocycles. The van der Waals surface area contributed by atoms with Gasteiger partial charge in [0.1, 0.15) is 29.2 Å². The molecule has 0 fully saturated rings. The summed E-state index contributed by atoms with van der Waals surface area (Å²) in [6.45, 7) is 3.70. The number of anilines is 2. The van der Waals surface area contributed by atoms with Crippen molar-refractivity contribution in [1.82, 2.24) is 14.6 Å². The summed E-state index contributed by atoms with van der Waals surface area (Å²) in [7, 11) is 0. The minimum Gasteiger partial charge on any atom is -0.490 e. The SMILES string of the molecule is CC1Nc2ccn3ncc(c3n2)NC(=O)C[C@H](C)Oc2ccc(F)cc21. The third-order valence-corrected chi connectivity index (χ3v) is 4.25. The molecule has 26 heavy (non-hydrogen) atoms. The summed E-state index contributed by atoms with van der Waals surface area (Å²) in [5.41, 5.74) is 1.72. The Bertz CT molecular complexity index is 987. The lowest BCUT2D eigenvalue weighted by atomic mass is 10.1. The number of rotatable bonds is 0. The lowest BCUT2D eigenvalue weighted by Crippen LogP contribution is -2.22. The van der Waals surface area contributed by atoms with Gasteiger partial charge in [0.15, 0.2) is 5.65 Å². The summed E-state index contributed by atoms with van der Waals surface area (Å²) in [6.07, 6.45) is 3.07. The number of hydrogen-bond acceptors (Lipinski definition) is 5. The predicted octanol–water partition coefficient (Wildman–Crippen LogP) is 3.15. The monoisotopic (exact) mass is 355 g/mol. The van der Waals surface area contributed by atoms with Crippen molar-refractivity contribution in [2.75, 3.05) is 10.6 Å². The number of carbonyl (C=O) groups is 1. The zero-order valence-electron chi connectivity index (χ0n) is 14.4. The Kier molecular flexibility index (Phi) is 3.95. The van der Waals surface area contributed by atoms with E-state index in [0.29, 0.717) is 28.5 Å². The highest BCUT2D eigenvalue weighted by Gasteiger charge is 2.20. The highest BCUT2D eigenvalue weighted by molar-refractivity contribution is 5.94. The van der Waals surface area contributed by atoms with E-state index in [1.54, 1.807) is 36.0 Å². The van der Waals surface area contributed by atoms with E-state index in [-0.39, 0.29) is 30.3 Å². The van der Waals surface area contributed by atoms with Gasteiger partial charge in [-0.1, -0.05) is 0 Å². The minimum absolute atomic E-state index is 0.148. The lowest BCUT2D eigenvalue weighted by Gasteiger charge is -2.21. The molecule has 1 aliphatic rings. The molecule has 2 bridgehead atoms. The Balaban J connectivity index is 1.81. The molecule has 0 saturated carbocycles. The standard InChI is InChI=1S/C18H18FN5O2/c1-10-7-17(25)22-14-9-20-24-6-5-16(23-18(14)24)21-11(2)13-8-12(19)3-4-15(13)26-10/h3-6,8-11H,7H2,1-2H3,(H,21,23)(H,22,25)/t10-,11?/m0/s1. The van der Waals surface area contributed by atoms with Crippen LogP contribution in [0.2, 0.25) is 0 Å². The van der Waals surface area contributed by atoms with Crippen LogP contribution >= 0.6 is 0 Å². The molecule has 1 aliphatic heterocycles. The van der Waals surface area contributed by atoms with Crippen molar-refractivity contribution in [3.05, 3.63) is 48.0 Å². The summed E-state index contributed by atoms with van der Waals surface area (Å²) in [5.74, 6) is 0.569. The van der Waals surface area contributed by atoms with E-state index >= 15 is 0 Å². The van der Waals surface area contributed by atoms with Crippen molar-refractivity contribution in [2.45, 2.75) is 32.4 Å². The molecule has 1 amide bonds. The second-order valence-electron chi connectivity index (χ2n) is 6.37. The lowest BCUT2D eigenvalue weighted by molar-refractivity contribution is -0.117. The maximum atomic E-state index is 13.8. The number of nitrogens with zero attached hydrogens (tertiary/aromatic N) is 3. The smallest absolute Gasteiger partial charge is 0.228 e. The summed E-state index contributed by atoms with van der Waals surface area (Å²) < 4.78 is 21.3. The average Bonchev–Trinajstić information content (AvgIpc) is 2.98. The fraction of sp³-hybridized carbons (Fsp3) is 0.278. The van der Waals surface area contributed by atoms with Gasteiger partial charge in [0.25, 0.3) is 0 Å². The Hall–Kier alpha value is -3.16. The second kappa shape index (κ2) is 6.29. The highest BCUT2D eigenvalue weighted by Crippen LogP contribution is 2.30. The number of ether oxygens (including phenoxy) is 1. The maximum Gasteiger partial charge on any atom is 0.228 e. The van der Waals surface area contributed by atoms with Crippen LogP contribution in [-0.4, -0.2) is 26.6 Å². The first kappa shape index (κ1) is 16.3. The molecule has 0 spiro atoms. The maximum absolute atomic E-state index is 13.8. The van der Waals surface area contributed by atoms with Gasteiger partial charge in [0.05, 0.1) is 18.7 Å². The largest absolute Gasteiger partial charge is 0.490 e. The predicted molar refractivity (Wildman–Crippen MR) is 94.8 cm³/mol. The van der Waals surface area contributed by atoms with Gasteiger partial charge in [0, 0.05) is 11.8 Å². The minimum atomic E-state index is -0.380. The molecule has 0 radical (unpaired) electrons. The number of carbonyl (C=O) groups excluding carboxylic acids is 1. The van der Waals surface area contributed by atoms with Crippen molar-refractivity contribution < 1.29 is 13.9 Å².